The lowest BCUT2D eigenvalue weighted by molar-refractivity contribution is -0.121. The Bertz CT molecular complexity index is 1330. The number of hydrogen-bond donors (Lipinski definition) is 2. The molecule has 0 radical (unpaired) electrons. The molecule has 4 rings (SSSR count). The summed E-state index contributed by atoms with van der Waals surface area (Å²) in [5, 5.41) is 13.7. The molecule has 33 heavy (non-hydrogen) atoms. The molecule has 1 fully saturated rings. The van der Waals surface area contributed by atoms with Crippen LogP contribution in [0.2, 0.25) is 0 Å². The first-order valence-corrected chi connectivity index (χ1v) is 11.5. The van der Waals surface area contributed by atoms with Gasteiger partial charge in [-0.2, -0.15) is 0 Å². The van der Waals surface area contributed by atoms with Crippen LogP contribution in [-0.2, 0) is 4.79 Å². The number of fused-ring (bicyclic) bond motifs is 1. The van der Waals surface area contributed by atoms with Gasteiger partial charge in [-0.05, 0) is 30.2 Å². The highest BCUT2D eigenvalue weighted by Crippen LogP contribution is 2.33. The van der Waals surface area contributed by atoms with Crippen molar-refractivity contribution >= 4 is 51.7 Å². The van der Waals surface area contributed by atoms with Crippen molar-refractivity contribution in [2.24, 2.45) is 0 Å². The van der Waals surface area contributed by atoms with Crippen LogP contribution in [0.3, 0.4) is 0 Å². The molecule has 0 saturated carbocycles. The van der Waals surface area contributed by atoms with Gasteiger partial charge in [-0.1, -0.05) is 66.5 Å². The van der Waals surface area contributed by atoms with Crippen LogP contribution in [0.1, 0.15) is 22.8 Å². The summed E-state index contributed by atoms with van der Waals surface area (Å²) in [6.07, 6.45) is 3.95. The summed E-state index contributed by atoms with van der Waals surface area (Å²) in [4.78, 5) is 32.6. The van der Waals surface area contributed by atoms with Crippen molar-refractivity contribution in [3.8, 4) is 0 Å². The van der Waals surface area contributed by atoms with Crippen LogP contribution in [0.25, 0.3) is 11.7 Å². The zero-order valence-corrected chi connectivity index (χ0v) is 19.5. The fourth-order valence-corrected chi connectivity index (χ4v) is 4.74. The van der Waals surface area contributed by atoms with Gasteiger partial charge in [-0.15, -0.1) is 6.58 Å². The number of hydrogen-bond acceptors (Lipinski definition) is 7. The molecular weight excluding hydrogens is 456 g/mol. The molecule has 0 bridgehead atoms. The lowest BCUT2D eigenvalue weighted by Crippen LogP contribution is -2.28. The summed E-state index contributed by atoms with van der Waals surface area (Å²) in [5.41, 5.74) is 1.96. The zero-order chi connectivity index (χ0) is 23.5. The van der Waals surface area contributed by atoms with Crippen LogP contribution in [0.15, 0.2) is 71.0 Å². The minimum atomic E-state index is -0.804. The topological polar surface area (TPSA) is 86.9 Å². The Hall–Kier alpha value is -3.27. The fraction of sp³-hybridized carbons (Fsp3) is 0.167. The maximum absolute atomic E-state index is 13.4. The van der Waals surface area contributed by atoms with Crippen LogP contribution in [0, 0.1) is 6.92 Å². The van der Waals surface area contributed by atoms with Crippen molar-refractivity contribution in [3.63, 3.8) is 0 Å². The third-order valence-corrected chi connectivity index (χ3v) is 6.57. The first-order valence-electron chi connectivity index (χ1n) is 10.3. The maximum atomic E-state index is 13.4. The highest BCUT2D eigenvalue weighted by atomic mass is 32.2. The number of amides is 1. The van der Waals surface area contributed by atoms with Crippen LogP contribution in [0.5, 0.6) is 0 Å². The molecule has 1 aliphatic rings. The van der Waals surface area contributed by atoms with Crippen molar-refractivity contribution in [3.05, 3.63) is 93.3 Å². The number of anilines is 1. The molecule has 1 amide bonds. The largest absolute Gasteiger partial charge is 0.387 e. The average Bonchev–Trinajstić information content (AvgIpc) is 3.08. The van der Waals surface area contributed by atoms with Crippen LogP contribution < -0.4 is 10.9 Å². The quantitative estimate of drug-likeness (QED) is 0.305. The van der Waals surface area contributed by atoms with Gasteiger partial charge in [-0.3, -0.25) is 18.9 Å². The van der Waals surface area contributed by atoms with Crippen molar-refractivity contribution in [2.45, 2.75) is 13.0 Å². The standard InChI is InChI=1S/C24H22N4O3S2/c1-3-11-28-23(31)19(33-24(28)32)13-17-20(25-14-18(29)16-9-5-4-6-10-16)26-21-15(2)8-7-12-27(21)22(17)30/h3-10,12-13,18,25,29H,1,11,14H2,2H3/b19-13-. The van der Waals surface area contributed by atoms with Crippen LogP contribution in [0.4, 0.5) is 5.82 Å². The molecule has 0 aliphatic carbocycles. The summed E-state index contributed by atoms with van der Waals surface area (Å²) >= 11 is 6.44. The van der Waals surface area contributed by atoms with Gasteiger partial charge in [0, 0.05) is 19.3 Å². The lowest BCUT2D eigenvalue weighted by Gasteiger charge is -2.15. The van der Waals surface area contributed by atoms with E-state index in [1.54, 1.807) is 18.3 Å². The van der Waals surface area contributed by atoms with E-state index >= 15 is 0 Å². The number of aliphatic hydroxyl groups is 1. The van der Waals surface area contributed by atoms with Crippen molar-refractivity contribution in [1.82, 2.24) is 14.3 Å². The Kier molecular flexibility index (Phi) is 6.73. The molecule has 3 aromatic rings. The van der Waals surface area contributed by atoms with Crippen molar-refractivity contribution in [2.75, 3.05) is 18.4 Å². The van der Waals surface area contributed by atoms with Crippen molar-refractivity contribution in [1.29, 1.82) is 0 Å². The second-order valence-electron chi connectivity index (χ2n) is 7.45. The molecule has 168 valence electrons. The number of pyridine rings is 1. The Morgan fingerprint density at radius 3 is 2.73 bits per heavy atom. The van der Waals surface area contributed by atoms with Crippen LogP contribution in [-0.4, -0.2) is 42.7 Å². The molecule has 1 saturated heterocycles. The lowest BCUT2D eigenvalue weighted by atomic mass is 10.1. The van der Waals surface area contributed by atoms with Gasteiger partial charge in [-0.25, -0.2) is 4.98 Å². The number of aryl methyl sites for hydroxylation is 1. The van der Waals surface area contributed by atoms with Crippen molar-refractivity contribution < 1.29 is 9.90 Å². The highest BCUT2D eigenvalue weighted by molar-refractivity contribution is 8.26. The average molecular weight is 479 g/mol. The number of carbonyl (C=O) groups excluding carboxylic acids is 1. The Balaban J connectivity index is 1.77. The molecule has 1 unspecified atom stereocenters. The summed E-state index contributed by atoms with van der Waals surface area (Å²) in [6, 6.07) is 12.9. The van der Waals surface area contributed by atoms with Crippen LogP contribution >= 0.6 is 24.0 Å². The Morgan fingerprint density at radius 1 is 1.24 bits per heavy atom. The van der Waals surface area contributed by atoms with Gasteiger partial charge in [0.15, 0.2) is 0 Å². The van der Waals surface area contributed by atoms with E-state index in [0.29, 0.717) is 27.2 Å². The molecule has 0 spiro atoms. The van der Waals surface area contributed by atoms with E-state index in [1.165, 1.54) is 15.4 Å². The van der Waals surface area contributed by atoms with E-state index in [4.69, 9.17) is 12.2 Å². The smallest absolute Gasteiger partial charge is 0.267 e. The molecular formula is C24H22N4O3S2. The van der Waals surface area contributed by atoms with E-state index < -0.39 is 6.10 Å². The molecule has 3 heterocycles. The van der Waals surface area contributed by atoms with Gasteiger partial charge < -0.3 is 10.4 Å². The fourth-order valence-electron chi connectivity index (χ4n) is 3.48. The third kappa shape index (κ3) is 4.61. The summed E-state index contributed by atoms with van der Waals surface area (Å²) in [5.74, 6) is 0.00665. The number of thiocarbonyl (C=S) groups is 1. The Morgan fingerprint density at radius 2 is 2.00 bits per heavy atom. The van der Waals surface area contributed by atoms with E-state index in [0.717, 1.165) is 22.9 Å². The van der Waals surface area contributed by atoms with E-state index in [-0.39, 0.29) is 23.6 Å². The molecule has 1 aliphatic heterocycles. The molecule has 2 aromatic heterocycles. The summed E-state index contributed by atoms with van der Waals surface area (Å²) < 4.78 is 1.86. The zero-order valence-electron chi connectivity index (χ0n) is 17.9. The molecule has 7 nitrogen and oxygen atoms in total. The van der Waals surface area contributed by atoms with Gasteiger partial charge in [0.05, 0.1) is 16.6 Å². The highest BCUT2D eigenvalue weighted by Gasteiger charge is 2.31. The molecule has 1 atom stereocenters. The first kappa shape index (κ1) is 22.9. The number of rotatable bonds is 7. The predicted octanol–water partition coefficient (Wildman–Crippen LogP) is 3.54. The van der Waals surface area contributed by atoms with Gasteiger partial charge in [0.1, 0.15) is 15.8 Å². The number of aliphatic hydroxyl groups excluding tert-OH is 1. The number of benzene rings is 1. The van der Waals surface area contributed by atoms with Gasteiger partial charge >= 0.3 is 0 Å². The maximum Gasteiger partial charge on any atom is 0.267 e. The molecule has 9 heteroatoms. The number of carbonyl (C=O) groups is 1. The monoisotopic (exact) mass is 478 g/mol. The minimum absolute atomic E-state index is 0.136. The summed E-state index contributed by atoms with van der Waals surface area (Å²) in [7, 11) is 0. The van der Waals surface area contributed by atoms with E-state index in [9.17, 15) is 14.7 Å². The molecule has 1 aromatic carbocycles. The Labute approximate surface area is 200 Å². The number of thioether (sulfide) groups is 1. The predicted molar refractivity (Wildman–Crippen MR) is 136 cm³/mol. The number of aromatic nitrogens is 2. The minimum Gasteiger partial charge on any atom is -0.387 e. The normalized spacial score (nSPS) is 15.9. The second kappa shape index (κ2) is 9.70. The first-order chi connectivity index (χ1) is 15.9. The van der Waals surface area contributed by atoms with Gasteiger partial charge in [0.25, 0.3) is 11.5 Å². The van der Waals surface area contributed by atoms with Gasteiger partial charge in [0.2, 0.25) is 0 Å². The second-order valence-corrected chi connectivity index (χ2v) is 9.13. The molecule has 2 N–H and O–H groups in total. The van der Waals surface area contributed by atoms with E-state index in [2.05, 4.69) is 16.9 Å². The SMILES string of the molecule is C=CCN1C(=O)/C(=C/c2c(NCC(O)c3ccccc3)nc3c(C)cccn3c2=O)SC1=S. The summed E-state index contributed by atoms with van der Waals surface area (Å²) in [6.45, 7) is 5.96. The number of nitrogens with zero attached hydrogens (tertiary/aromatic N) is 3. The van der Waals surface area contributed by atoms with E-state index in [1.807, 2.05) is 43.3 Å². The number of nitrogens with one attached hydrogen (secondary N) is 1. The third-order valence-electron chi connectivity index (χ3n) is 5.19.